The molecular weight excluding hydrogens is 510 g/mol. The summed E-state index contributed by atoms with van der Waals surface area (Å²) >= 11 is 9.37. The number of amides is 2. The van der Waals surface area contributed by atoms with Crippen molar-refractivity contribution in [2.24, 2.45) is 5.10 Å². The number of ether oxygens (including phenoxy) is 1. The zero-order valence-electron chi connectivity index (χ0n) is 17.7. The van der Waals surface area contributed by atoms with E-state index in [1.54, 1.807) is 55.5 Å². The highest BCUT2D eigenvalue weighted by molar-refractivity contribution is 9.10. The van der Waals surface area contributed by atoms with Crippen LogP contribution in [0.1, 0.15) is 27.0 Å². The third-order valence-corrected chi connectivity index (χ3v) is 5.53. The Morgan fingerprint density at radius 1 is 1.00 bits per heavy atom. The number of anilines is 1. The summed E-state index contributed by atoms with van der Waals surface area (Å²) in [6, 6.07) is 17.0. The Bertz CT molecular complexity index is 1260. The fraction of sp³-hybridized carbons (Fsp3) is 0.0833. The third-order valence-electron chi connectivity index (χ3n) is 4.63. The van der Waals surface area contributed by atoms with Crippen LogP contribution >= 0.6 is 27.5 Å². The monoisotopic (exact) mass is 527 g/mol. The van der Waals surface area contributed by atoms with Crippen LogP contribution in [-0.4, -0.2) is 24.0 Å². The molecule has 0 spiro atoms. The van der Waals surface area contributed by atoms with Gasteiger partial charge in [0.2, 0.25) is 0 Å². The summed E-state index contributed by atoms with van der Waals surface area (Å²) < 4.78 is 6.23. The van der Waals surface area contributed by atoms with E-state index < -0.39 is 17.8 Å². The second kappa shape index (κ2) is 10.9. The molecule has 0 aliphatic heterocycles. The van der Waals surface area contributed by atoms with E-state index in [-0.39, 0.29) is 5.75 Å². The predicted molar refractivity (Wildman–Crippen MR) is 131 cm³/mol. The number of hydrogen-bond acceptors (Lipinski definition) is 5. The van der Waals surface area contributed by atoms with Crippen LogP contribution < -0.4 is 15.5 Å². The van der Waals surface area contributed by atoms with E-state index in [2.05, 4.69) is 31.8 Å². The second-order valence-electron chi connectivity index (χ2n) is 6.95. The van der Waals surface area contributed by atoms with Gasteiger partial charge >= 0.3 is 17.8 Å². The maximum atomic E-state index is 12.6. The average molecular weight is 529 g/mol. The number of rotatable bonds is 5. The minimum Gasteiger partial charge on any atom is -0.422 e. The van der Waals surface area contributed by atoms with Gasteiger partial charge in [0.05, 0.1) is 11.8 Å². The molecule has 0 aromatic heterocycles. The standard InChI is InChI=1S/C24H19BrClN3O4/c1-14-6-3-4-7-18(14)24(32)33-21-11-10-17(25)12-16(21)13-27-29-23(31)22(30)28-20-9-5-8-19(26)15(20)2/h3-13H,1-2H3,(H,28,30)(H,29,31). The zero-order chi connectivity index (χ0) is 24.0. The first-order chi connectivity index (χ1) is 15.8. The molecule has 3 rings (SSSR count). The lowest BCUT2D eigenvalue weighted by Gasteiger charge is -2.10. The van der Waals surface area contributed by atoms with Gasteiger partial charge in [-0.3, -0.25) is 9.59 Å². The highest BCUT2D eigenvalue weighted by Crippen LogP contribution is 2.24. The van der Waals surface area contributed by atoms with Crippen molar-refractivity contribution in [1.82, 2.24) is 5.43 Å². The van der Waals surface area contributed by atoms with Gasteiger partial charge < -0.3 is 10.1 Å². The van der Waals surface area contributed by atoms with Gasteiger partial charge in [-0.2, -0.15) is 5.10 Å². The van der Waals surface area contributed by atoms with Crippen molar-refractivity contribution in [1.29, 1.82) is 0 Å². The SMILES string of the molecule is Cc1ccccc1C(=O)Oc1ccc(Br)cc1C=NNC(=O)C(=O)Nc1cccc(Cl)c1C. The van der Waals surface area contributed by atoms with Gasteiger partial charge in [0.25, 0.3) is 0 Å². The van der Waals surface area contributed by atoms with Gasteiger partial charge in [-0.25, -0.2) is 10.2 Å². The molecule has 0 atom stereocenters. The zero-order valence-corrected chi connectivity index (χ0v) is 20.0. The molecule has 0 aliphatic rings. The minimum absolute atomic E-state index is 0.239. The van der Waals surface area contributed by atoms with E-state index in [9.17, 15) is 14.4 Å². The van der Waals surface area contributed by atoms with Crippen molar-refractivity contribution >= 4 is 57.2 Å². The Hall–Kier alpha value is -3.49. The molecule has 0 aliphatic carbocycles. The van der Waals surface area contributed by atoms with E-state index in [0.29, 0.717) is 31.9 Å². The normalized spacial score (nSPS) is 10.7. The molecule has 0 heterocycles. The fourth-order valence-corrected chi connectivity index (χ4v) is 3.36. The molecule has 0 unspecified atom stereocenters. The van der Waals surface area contributed by atoms with Gasteiger partial charge in [-0.05, 0) is 61.4 Å². The average Bonchev–Trinajstić information content (AvgIpc) is 2.78. The quantitative estimate of drug-likeness (QED) is 0.160. The highest BCUT2D eigenvalue weighted by Gasteiger charge is 2.16. The van der Waals surface area contributed by atoms with Crippen molar-refractivity contribution in [3.8, 4) is 5.75 Å². The third kappa shape index (κ3) is 6.27. The molecule has 2 N–H and O–H groups in total. The molecule has 0 fully saturated rings. The number of aryl methyl sites for hydroxylation is 1. The molecule has 9 heteroatoms. The van der Waals surface area contributed by atoms with Crippen LogP contribution in [-0.2, 0) is 9.59 Å². The second-order valence-corrected chi connectivity index (χ2v) is 8.28. The lowest BCUT2D eigenvalue weighted by molar-refractivity contribution is -0.136. The molecule has 2 amide bonds. The Morgan fingerprint density at radius 2 is 1.76 bits per heavy atom. The number of nitrogens with zero attached hydrogens (tertiary/aromatic N) is 1. The van der Waals surface area contributed by atoms with Gasteiger partial charge in [0, 0.05) is 20.7 Å². The fourth-order valence-electron chi connectivity index (χ4n) is 2.80. The summed E-state index contributed by atoms with van der Waals surface area (Å²) in [5, 5.41) is 6.77. The first-order valence-electron chi connectivity index (χ1n) is 9.73. The van der Waals surface area contributed by atoms with E-state index in [4.69, 9.17) is 16.3 Å². The van der Waals surface area contributed by atoms with E-state index in [1.807, 2.05) is 19.1 Å². The first-order valence-corrected chi connectivity index (χ1v) is 10.9. The van der Waals surface area contributed by atoms with Gasteiger partial charge in [-0.1, -0.05) is 51.8 Å². The Kier molecular flexibility index (Phi) is 7.97. The topological polar surface area (TPSA) is 96.9 Å². The number of carbonyl (C=O) groups is 3. The molecule has 3 aromatic carbocycles. The largest absolute Gasteiger partial charge is 0.422 e. The van der Waals surface area contributed by atoms with Crippen LogP contribution in [0, 0.1) is 13.8 Å². The van der Waals surface area contributed by atoms with Crippen LogP contribution in [0.15, 0.2) is 70.2 Å². The van der Waals surface area contributed by atoms with E-state index in [1.165, 1.54) is 6.21 Å². The molecule has 0 saturated carbocycles. The van der Waals surface area contributed by atoms with Crippen LogP contribution in [0.4, 0.5) is 5.69 Å². The highest BCUT2D eigenvalue weighted by atomic mass is 79.9. The van der Waals surface area contributed by atoms with Crippen LogP contribution in [0.3, 0.4) is 0 Å². The number of benzene rings is 3. The maximum absolute atomic E-state index is 12.6. The number of hydrazone groups is 1. The summed E-state index contributed by atoms with van der Waals surface area (Å²) in [5.41, 5.74) is 4.84. The van der Waals surface area contributed by atoms with Crippen molar-refractivity contribution in [2.45, 2.75) is 13.8 Å². The molecule has 168 valence electrons. The molecule has 3 aromatic rings. The maximum Gasteiger partial charge on any atom is 0.343 e. The molecule has 0 saturated heterocycles. The van der Waals surface area contributed by atoms with Crippen molar-refractivity contribution < 1.29 is 19.1 Å². The van der Waals surface area contributed by atoms with Crippen molar-refractivity contribution in [2.75, 3.05) is 5.32 Å². The lowest BCUT2D eigenvalue weighted by atomic mass is 10.1. The van der Waals surface area contributed by atoms with Crippen LogP contribution in [0.2, 0.25) is 5.02 Å². The molecule has 0 radical (unpaired) electrons. The smallest absolute Gasteiger partial charge is 0.343 e. The van der Waals surface area contributed by atoms with E-state index in [0.717, 1.165) is 5.56 Å². The number of carbonyl (C=O) groups excluding carboxylic acids is 3. The van der Waals surface area contributed by atoms with Gasteiger partial charge in [-0.15, -0.1) is 0 Å². The van der Waals surface area contributed by atoms with E-state index >= 15 is 0 Å². The summed E-state index contributed by atoms with van der Waals surface area (Å²) in [7, 11) is 0. The van der Waals surface area contributed by atoms with Crippen LogP contribution in [0.5, 0.6) is 5.75 Å². The Balaban J connectivity index is 1.69. The predicted octanol–water partition coefficient (Wildman–Crippen LogP) is 5.03. The number of hydrogen-bond donors (Lipinski definition) is 2. The summed E-state index contributed by atoms with van der Waals surface area (Å²) in [6.45, 7) is 3.53. The molecule has 33 heavy (non-hydrogen) atoms. The molecule has 0 bridgehead atoms. The van der Waals surface area contributed by atoms with Crippen molar-refractivity contribution in [3.63, 3.8) is 0 Å². The lowest BCUT2D eigenvalue weighted by Crippen LogP contribution is -2.32. The molecule has 7 nitrogen and oxygen atoms in total. The number of esters is 1. The summed E-state index contributed by atoms with van der Waals surface area (Å²) in [6.07, 6.45) is 1.28. The first kappa shape index (κ1) is 24.2. The summed E-state index contributed by atoms with van der Waals surface area (Å²) in [5.74, 6) is -2.16. The Morgan fingerprint density at radius 3 is 2.52 bits per heavy atom. The molecular formula is C24H19BrClN3O4. The van der Waals surface area contributed by atoms with Crippen LogP contribution in [0.25, 0.3) is 0 Å². The minimum atomic E-state index is -0.973. The summed E-state index contributed by atoms with van der Waals surface area (Å²) in [4.78, 5) is 36.8. The number of nitrogens with one attached hydrogen (secondary N) is 2. The van der Waals surface area contributed by atoms with Gasteiger partial charge in [0.1, 0.15) is 5.75 Å². The number of halogens is 2. The van der Waals surface area contributed by atoms with Gasteiger partial charge in [0.15, 0.2) is 0 Å². The Labute approximate surface area is 203 Å². The van der Waals surface area contributed by atoms with Crippen molar-refractivity contribution in [3.05, 3.63) is 92.4 Å².